The van der Waals surface area contributed by atoms with E-state index in [-0.39, 0.29) is 22.6 Å². The summed E-state index contributed by atoms with van der Waals surface area (Å²) < 4.78 is 14.7. The number of halogens is 1. The summed E-state index contributed by atoms with van der Waals surface area (Å²) in [5, 5.41) is 6.66. The lowest BCUT2D eigenvalue weighted by Gasteiger charge is -2.43. The largest absolute Gasteiger partial charge is 0.426 e. The molecule has 2 saturated heterocycles. The average Bonchev–Trinajstić information content (AvgIpc) is 3.42. The fourth-order valence-electron chi connectivity index (χ4n) is 4.60. The molecule has 39 heavy (non-hydrogen) atoms. The first-order valence-corrected chi connectivity index (χ1v) is 13.1. The molecule has 0 radical (unpaired) electrons. The number of aromatic nitrogens is 2. The van der Waals surface area contributed by atoms with E-state index < -0.39 is 52.8 Å². The third-order valence-electron chi connectivity index (χ3n) is 6.46. The number of fused-ring (bicyclic) bond motifs is 1. The van der Waals surface area contributed by atoms with E-state index in [0.717, 1.165) is 0 Å². The quantitative estimate of drug-likeness (QED) is 0.256. The Morgan fingerprint density at radius 2 is 1.95 bits per heavy atom. The van der Waals surface area contributed by atoms with Crippen molar-refractivity contribution in [2.45, 2.75) is 43.0 Å². The van der Waals surface area contributed by atoms with Crippen LogP contribution in [0.5, 0.6) is 0 Å². The van der Waals surface area contributed by atoms with Gasteiger partial charge in [-0.25, -0.2) is 9.59 Å². The van der Waals surface area contributed by atoms with Gasteiger partial charge in [-0.15, -0.1) is 11.8 Å². The number of β-lactam (4-membered cyclic amide) rings is 1. The van der Waals surface area contributed by atoms with Crippen molar-refractivity contribution in [1.29, 1.82) is 0 Å². The second-order valence-corrected chi connectivity index (χ2v) is 11.6. The minimum absolute atomic E-state index is 0.169. The Balaban J connectivity index is 1.25. The van der Waals surface area contributed by atoms with Crippen molar-refractivity contribution in [2.75, 3.05) is 6.79 Å². The molecule has 2 aliphatic heterocycles. The van der Waals surface area contributed by atoms with Gasteiger partial charge >= 0.3 is 11.9 Å². The number of nitrogens with zero attached hydrogens (tertiary/aromatic N) is 3. The van der Waals surface area contributed by atoms with Crippen LogP contribution >= 0.6 is 23.4 Å². The topological polar surface area (TPSA) is 141 Å². The van der Waals surface area contributed by atoms with Crippen molar-refractivity contribution in [3.8, 4) is 11.3 Å². The van der Waals surface area contributed by atoms with E-state index in [0.29, 0.717) is 10.6 Å². The molecule has 0 unspecified atom stereocenters. The summed E-state index contributed by atoms with van der Waals surface area (Å²) in [5.74, 6) is -2.13. The summed E-state index contributed by atoms with van der Waals surface area (Å²) in [6, 6.07) is 8.18. The first-order valence-electron chi connectivity index (χ1n) is 11.9. The van der Waals surface area contributed by atoms with Gasteiger partial charge in [0.15, 0.2) is 0 Å². The van der Waals surface area contributed by atoms with Crippen LogP contribution in [0.3, 0.4) is 0 Å². The highest BCUT2D eigenvalue weighted by Gasteiger charge is 2.64. The first-order chi connectivity index (χ1) is 18.6. The number of carbonyl (C=O) groups excluding carboxylic acids is 4. The van der Waals surface area contributed by atoms with Crippen LogP contribution in [-0.4, -0.2) is 67.8 Å². The van der Waals surface area contributed by atoms with Gasteiger partial charge in [-0.3, -0.25) is 14.6 Å². The molecule has 2 fully saturated rings. The lowest BCUT2D eigenvalue weighted by molar-refractivity contribution is -0.168. The Morgan fingerprint density at radius 3 is 2.67 bits per heavy atom. The van der Waals surface area contributed by atoms with Crippen molar-refractivity contribution >= 4 is 47.1 Å². The number of ether oxygens (including phenoxy) is 2. The normalized spacial score (nSPS) is 21.1. The maximum absolute atomic E-state index is 13.3. The molecular weight excluding hydrogens is 548 g/mol. The fourth-order valence-corrected chi connectivity index (χ4v) is 6.45. The van der Waals surface area contributed by atoms with Crippen molar-refractivity contribution in [3.63, 3.8) is 0 Å². The van der Waals surface area contributed by atoms with E-state index in [1.165, 1.54) is 35.1 Å². The van der Waals surface area contributed by atoms with Gasteiger partial charge < -0.3 is 24.2 Å². The van der Waals surface area contributed by atoms with Crippen molar-refractivity contribution < 1.29 is 33.2 Å². The zero-order valence-corrected chi connectivity index (χ0v) is 22.6. The van der Waals surface area contributed by atoms with Gasteiger partial charge in [-0.2, -0.15) is 0 Å². The Labute approximate surface area is 232 Å². The molecule has 4 heterocycles. The van der Waals surface area contributed by atoms with E-state index in [1.807, 2.05) is 0 Å². The zero-order valence-electron chi connectivity index (χ0n) is 21.0. The number of thioether (sulfide) groups is 1. The molecule has 1 aromatic carbocycles. The number of aryl methyl sites for hydroxylation is 1. The van der Waals surface area contributed by atoms with Crippen LogP contribution in [0.15, 0.2) is 53.3 Å². The minimum Gasteiger partial charge on any atom is -0.426 e. The van der Waals surface area contributed by atoms with Gasteiger partial charge in [0.25, 0.3) is 5.91 Å². The number of benzene rings is 1. The number of hydrogen-bond acceptors (Lipinski definition) is 10. The SMILES string of the molecule is Cc1onc(-c2ccccc2Cl)c1C(=O)N[C@@H]1C(=O)N2[C@@H]1SC(C)(C)[C@@H]2C(=O)OCOC(=O)c1cccnc1. The molecule has 2 aliphatic rings. The average molecular weight is 571 g/mol. The monoisotopic (exact) mass is 570 g/mol. The summed E-state index contributed by atoms with van der Waals surface area (Å²) in [6.07, 6.45) is 2.84. The van der Waals surface area contributed by atoms with E-state index in [2.05, 4.69) is 15.5 Å². The second-order valence-electron chi connectivity index (χ2n) is 9.41. The number of nitrogens with one attached hydrogen (secondary N) is 1. The molecule has 0 aliphatic carbocycles. The third-order valence-corrected chi connectivity index (χ3v) is 8.36. The highest BCUT2D eigenvalue weighted by atomic mass is 35.5. The molecule has 0 saturated carbocycles. The van der Waals surface area contributed by atoms with Crippen molar-refractivity contribution in [2.24, 2.45) is 0 Å². The standard InChI is InChI=1S/C26H23ClN4O7S/c1-13-17(18(30-38-13)15-8-4-5-9-16(15)27)21(32)29-19-22(33)31-20(26(2,3)39-23(19)31)25(35)37-12-36-24(34)14-7-6-10-28-11-14/h4-11,19-20,23H,12H2,1-3H3,(H,29,32)/t19-,20+,23-/m1/s1. The van der Waals surface area contributed by atoms with Crippen LogP contribution < -0.4 is 5.32 Å². The Bertz CT molecular complexity index is 1460. The van der Waals surface area contributed by atoms with Crippen LogP contribution in [0.1, 0.15) is 40.3 Å². The van der Waals surface area contributed by atoms with Crippen LogP contribution in [0.4, 0.5) is 0 Å². The van der Waals surface area contributed by atoms with E-state index >= 15 is 0 Å². The molecule has 5 rings (SSSR count). The van der Waals surface area contributed by atoms with Crippen LogP contribution in [0.25, 0.3) is 11.3 Å². The van der Waals surface area contributed by atoms with Crippen LogP contribution in [0.2, 0.25) is 5.02 Å². The van der Waals surface area contributed by atoms with Crippen LogP contribution in [-0.2, 0) is 19.1 Å². The van der Waals surface area contributed by atoms with Gasteiger partial charge in [-0.1, -0.05) is 35.0 Å². The Kier molecular flexibility index (Phi) is 7.08. The number of carbonyl (C=O) groups is 4. The molecule has 2 aromatic heterocycles. The zero-order chi connectivity index (χ0) is 27.9. The number of rotatable bonds is 7. The highest BCUT2D eigenvalue weighted by Crippen LogP contribution is 2.51. The van der Waals surface area contributed by atoms with Gasteiger partial charge in [0.05, 0.1) is 10.6 Å². The number of esters is 2. The Morgan fingerprint density at radius 1 is 1.18 bits per heavy atom. The van der Waals surface area contributed by atoms with Gasteiger partial charge in [0.2, 0.25) is 12.7 Å². The summed E-state index contributed by atoms with van der Waals surface area (Å²) in [6.45, 7) is 4.58. The second kappa shape index (κ2) is 10.3. The number of pyridine rings is 1. The molecule has 0 spiro atoms. The molecule has 3 atom stereocenters. The van der Waals surface area contributed by atoms with E-state index in [4.69, 9.17) is 25.6 Å². The fraction of sp³-hybridized carbons (Fsp3) is 0.308. The molecule has 11 nitrogen and oxygen atoms in total. The molecule has 0 bridgehead atoms. The minimum atomic E-state index is -0.943. The summed E-state index contributed by atoms with van der Waals surface area (Å²) in [7, 11) is 0. The molecule has 3 aromatic rings. The third kappa shape index (κ3) is 4.85. The van der Waals surface area contributed by atoms with Gasteiger partial charge in [-0.05, 0) is 39.0 Å². The molecule has 13 heteroatoms. The predicted molar refractivity (Wildman–Crippen MR) is 140 cm³/mol. The molecule has 2 amide bonds. The Hall–Kier alpha value is -3.90. The van der Waals surface area contributed by atoms with E-state index in [1.54, 1.807) is 51.1 Å². The maximum atomic E-state index is 13.3. The smallest absolute Gasteiger partial charge is 0.342 e. The maximum Gasteiger partial charge on any atom is 0.342 e. The predicted octanol–water partition coefficient (Wildman–Crippen LogP) is 3.22. The summed E-state index contributed by atoms with van der Waals surface area (Å²) >= 11 is 7.66. The number of hydrogen-bond donors (Lipinski definition) is 1. The highest BCUT2D eigenvalue weighted by molar-refractivity contribution is 8.01. The molecular formula is C26H23ClN4O7S. The van der Waals surface area contributed by atoms with Crippen molar-refractivity contribution in [1.82, 2.24) is 20.4 Å². The number of amides is 2. The lowest BCUT2D eigenvalue weighted by atomic mass is 9.95. The van der Waals surface area contributed by atoms with Crippen molar-refractivity contribution in [3.05, 3.63) is 70.7 Å². The van der Waals surface area contributed by atoms with E-state index in [9.17, 15) is 19.2 Å². The van der Waals surface area contributed by atoms with Crippen LogP contribution in [0, 0.1) is 6.92 Å². The molecule has 1 N–H and O–H groups in total. The first kappa shape index (κ1) is 26.7. The van der Waals surface area contributed by atoms with Gasteiger partial charge in [0.1, 0.15) is 34.5 Å². The lowest BCUT2D eigenvalue weighted by Crippen LogP contribution is -2.70. The summed E-state index contributed by atoms with van der Waals surface area (Å²) in [5.41, 5.74) is 1.16. The summed E-state index contributed by atoms with van der Waals surface area (Å²) in [4.78, 5) is 56.7. The molecule has 202 valence electrons. The van der Waals surface area contributed by atoms with Gasteiger partial charge in [0, 0.05) is 22.7 Å².